The zero-order valence-corrected chi connectivity index (χ0v) is 15.2. The van der Waals surface area contributed by atoms with Crippen molar-refractivity contribution in [3.63, 3.8) is 0 Å². The first kappa shape index (κ1) is 18.8. The van der Waals surface area contributed by atoms with E-state index < -0.39 is 6.10 Å². The first-order valence-corrected chi connectivity index (χ1v) is 8.39. The van der Waals surface area contributed by atoms with Crippen LogP contribution in [0.25, 0.3) is 11.0 Å². The molecule has 2 aromatic heterocycles. The first-order chi connectivity index (χ1) is 13.1. The SMILES string of the molecule is COc1ccc(COCC(O)Cn2cnc3ncccc3c2=O)cc1OC. The Labute approximate surface area is 156 Å². The van der Waals surface area contributed by atoms with Gasteiger partial charge in [0.25, 0.3) is 5.56 Å². The third-order valence-electron chi connectivity index (χ3n) is 4.03. The van der Waals surface area contributed by atoms with Crippen molar-refractivity contribution >= 4 is 11.0 Å². The van der Waals surface area contributed by atoms with Gasteiger partial charge in [-0.25, -0.2) is 9.97 Å². The maximum atomic E-state index is 12.4. The molecular weight excluding hydrogens is 350 g/mol. The Kier molecular flexibility index (Phi) is 6.00. The summed E-state index contributed by atoms with van der Waals surface area (Å²) >= 11 is 0. The normalized spacial score (nSPS) is 12.1. The van der Waals surface area contributed by atoms with Crippen LogP contribution in [0.2, 0.25) is 0 Å². The molecule has 8 heteroatoms. The summed E-state index contributed by atoms with van der Waals surface area (Å²) in [5.74, 6) is 1.25. The largest absolute Gasteiger partial charge is 0.493 e. The topological polar surface area (TPSA) is 95.7 Å². The fraction of sp³-hybridized carbons (Fsp3) is 0.316. The van der Waals surface area contributed by atoms with Gasteiger partial charge >= 0.3 is 0 Å². The standard InChI is InChI=1S/C19H21N3O5/c1-25-16-6-5-13(8-17(16)26-2)10-27-11-14(23)9-22-12-21-18-15(19(22)24)4-3-7-20-18/h3-8,12,14,23H,9-11H2,1-2H3. The maximum absolute atomic E-state index is 12.4. The van der Waals surface area contributed by atoms with Gasteiger partial charge in [0.05, 0.1) is 45.5 Å². The average molecular weight is 371 g/mol. The number of hydrogen-bond acceptors (Lipinski definition) is 7. The molecule has 1 atom stereocenters. The molecule has 0 aliphatic carbocycles. The molecular formula is C19H21N3O5. The number of benzene rings is 1. The van der Waals surface area contributed by atoms with Crippen LogP contribution in [0.4, 0.5) is 0 Å². The van der Waals surface area contributed by atoms with E-state index in [-0.39, 0.29) is 18.7 Å². The quantitative estimate of drug-likeness (QED) is 0.639. The van der Waals surface area contributed by atoms with E-state index in [0.717, 1.165) is 5.56 Å². The van der Waals surface area contributed by atoms with Crippen LogP contribution in [0.5, 0.6) is 11.5 Å². The van der Waals surface area contributed by atoms with E-state index in [0.29, 0.717) is 29.1 Å². The second kappa shape index (κ2) is 8.61. The molecule has 0 saturated heterocycles. The third-order valence-corrected chi connectivity index (χ3v) is 4.03. The Balaban J connectivity index is 1.58. The van der Waals surface area contributed by atoms with Gasteiger partial charge in [0.2, 0.25) is 0 Å². The highest BCUT2D eigenvalue weighted by atomic mass is 16.5. The average Bonchev–Trinajstić information content (AvgIpc) is 2.70. The molecule has 142 valence electrons. The van der Waals surface area contributed by atoms with Gasteiger partial charge in [0, 0.05) is 6.20 Å². The second-order valence-electron chi connectivity index (χ2n) is 5.93. The van der Waals surface area contributed by atoms with E-state index in [9.17, 15) is 9.90 Å². The molecule has 8 nitrogen and oxygen atoms in total. The Morgan fingerprint density at radius 3 is 2.74 bits per heavy atom. The Hall–Kier alpha value is -2.97. The van der Waals surface area contributed by atoms with Crippen LogP contribution in [0.15, 0.2) is 47.7 Å². The number of fused-ring (bicyclic) bond motifs is 1. The van der Waals surface area contributed by atoms with Crippen LogP contribution in [-0.2, 0) is 17.9 Å². The van der Waals surface area contributed by atoms with E-state index in [4.69, 9.17) is 14.2 Å². The Bertz CT molecular complexity index is 973. The number of hydrogen-bond donors (Lipinski definition) is 1. The number of aliphatic hydroxyl groups excluding tert-OH is 1. The monoisotopic (exact) mass is 371 g/mol. The maximum Gasteiger partial charge on any atom is 0.262 e. The first-order valence-electron chi connectivity index (χ1n) is 8.39. The molecule has 3 aromatic rings. The number of aliphatic hydroxyl groups is 1. The molecule has 0 spiro atoms. The zero-order chi connectivity index (χ0) is 19.2. The smallest absolute Gasteiger partial charge is 0.262 e. The number of ether oxygens (including phenoxy) is 3. The minimum atomic E-state index is -0.848. The number of pyridine rings is 1. The van der Waals surface area contributed by atoms with Crippen molar-refractivity contribution in [1.82, 2.24) is 14.5 Å². The van der Waals surface area contributed by atoms with Crippen molar-refractivity contribution in [3.05, 3.63) is 58.8 Å². The van der Waals surface area contributed by atoms with Crippen LogP contribution in [0.1, 0.15) is 5.56 Å². The molecule has 0 radical (unpaired) electrons. The fourth-order valence-electron chi connectivity index (χ4n) is 2.69. The van der Waals surface area contributed by atoms with Crippen molar-refractivity contribution in [2.45, 2.75) is 19.3 Å². The zero-order valence-electron chi connectivity index (χ0n) is 15.2. The van der Waals surface area contributed by atoms with E-state index in [1.165, 1.54) is 10.9 Å². The van der Waals surface area contributed by atoms with Gasteiger partial charge in [-0.2, -0.15) is 0 Å². The molecule has 3 rings (SSSR count). The van der Waals surface area contributed by atoms with Crippen molar-refractivity contribution in [3.8, 4) is 11.5 Å². The van der Waals surface area contributed by atoms with Gasteiger partial charge in [-0.05, 0) is 29.8 Å². The molecule has 27 heavy (non-hydrogen) atoms. The van der Waals surface area contributed by atoms with Gasteiger partial charge in [-0.3, -0.25) is 9.36 Å². The summed E-state index contributed by atoms with van der Waals surface area (Å²) in [5, 5.41) is 10.6. The van der Waals surface area contributed by atoms with Crippen molar-refractivity contribution in [2.24, 2.45) is 0 Å². The number of rotatable bonds is 8. The van der Waals surface area contributed by atoms with Crippen LogP contribution < -0.4 is 15.0 Å². The van der Waals surface area contributed by atoms with E-state index >= 15 is 0 Å². The molecule has 0 aliphatic heterocycles. The third kappa shape index (κ3) is 4.42. The summed E-state index contributed by atoms with van der Waals surface area (Å²) in [4.78, 5) is 20.6. The lowest BCUT2D eigenvalue weighted by atomic mass is 10.2. The predicted octanol–water partition coefficient (Wildman–Crippen LogP) is 1.39. The molecule has 2 heterocycles. The molecule has 0 amide bonds. The van der Waals surface area contributed by atoms with Gasteiger partial charge < -0.3 is 19.3 Å². The highest BCUT2D eigenvalue weighted by Gasteiger charge is 2.11. The summed E-state index contributed by atoms with van der Waals surface area (Å²) in [6, 6.07) is 8.81. The summed E-state index contributed by atoms with van der Waals surface area (Å²) in [7, 11) is 3.14. The second-order valence-corrected chi connectivity index (χ2v) is 5.93. The molecule has 0 fully saturated rings. The minimum absolute atomic E-state index is 0.0753. The van der Waals surface area contributed by atoms with Gasteiger partial charge in [-0.1, -0.05) is 6.07 Å². The Morgan fingerprint density at radius 1 is 1.15 bits per heavy atom. The number of methoxy groups -OCH3 is 2. The van der Waals surface area contributed by atoms with Gasteiger partial charge in [0.1, 0.15) is 6.33 Å². The molecule has 0 saturated carbocycles. The lowest BCUT2D eigenvalue weighted by Gasteiger charge is -2.14. The van der Waals surface area contributed by atoms with Gasteiger partial charge in [0.15, 0.2) is 17.1 Å². The van der Waals surface area contributed by atoms with Crippen LogP contribution in [0, 0.1) is 0 Å². The summed E-state index contributed by atoms with van der Waals surface area (Å²) in [6.07, 6.45) is 2.12. The number of nitrogens with zero attached hydrogens (tertiary/aromatic N) is 3. The fourth-order valence-corrected chi connectivity index (χ4v) is 2.69. The molecule has 1 N–H and O–H groups in total. The molecule has 0 bridgehead atoms. The highest BCUT2D eigenvalue weighted by molar-refractivity contribution is 5.72. The van der Waals surface area contributed by atoms with E-state index in [1.807, 2.05) is 12.1 Å². The highest BCUT2D eigenvalue weighted by Crippen LogP contribution is 2.27. The summed E-state index contributed by atoms with van der Waals surface area (Å²) in [6.45, 7) is 0.459. The van der Waals surface area contributed by atoms with Crippen LogP contribution in [-0.4, -0.2) is 46.6 Å². The minimum Gasteiger partial charge on any atom is -0.493 e. The van der Waals surface area contributed by atoms with E-state index in [1.54, 1.807) is 38.6 Å². The number of aromatic nitrogens is 3. The lowest BCUT2D eigenvalue weighted by Crippen LogP contribution is -2.29. The van der Waals surface area contributed by atoms with Crippen LogP contribution in [0.3, 0.4) is 0 Å². The molecule has 1 aromatic carbocycles. The molecule has 1 unspecified atom stereocenters. The summed E-state index contributed by atoms with van der Waals surface area (Å²) < 4.78 is 17.4. The Morgan fingerprint density at radius 2 is 1.96 bits per heavy atom. The predicted molar refractivity (Wildman–Crippen MR) is 99.0 cm³/mol. The lowest BCUT2D eigenvalue weighted by molar-refractivity contribution is 0.0198. The van der Waals surface area contributed by atoms with Crippen molar-refractivity contribution in [2.75, 3.05) is 20.8 Å². The van der Waals surface area contributed by atoms with Crippen LogP contribution >= 0.6 is 0 Å². The summed E-state index contributed by atoms with van der Waals surface area (Å²) in [5.41, 5.74) is 1.03. The van der Waals surface area contributed by atoms with Crippen molar-refractivity contribution < 1.29 is 19.3 Å². The molecule has 0 aliphatic rings. The van der Waals surface area contributed by atoms with Crippen molar-refractivity contribution in [1.29, 1.82) is 0 Å². The van der Waals surface area contributed by atoms with E-state index in [2.05, 4.69) is 9.97 Å². The van der Waals surface area contributed by atoms with Gasteiger partial charge in [-0.15, -0.1) is 0 Å².